The van der Waals surface area contributed by atoms with Gasteiger partial charge in [0.1, 0.15) is 12.1 Å². The van der Waals surface area contributed by atoms with Crippen LogP contribution in [0.3, 0.4) is 0 Å². The van der Waals surface area contributed by atoms with Crippen molar-refractivity contribution in [2.75, 3.05) is 7.11 Å². The van der Waals surface area contributed by atoms with Crippen molar-refractivity contribution in [1.82, 2.24) is 14.5 Å². The third-order valence-corrected chi connectivity index (χ3v) is 4.60. The van der Waals surface area contributed by atoms with Gasteiger partial charge in [-0.05, 0) is 35.9 Å². The Morgan fingerprint density at radius 1 is 1.06 bits per heavy atom. The van der Waals surface area contributed by atoms with Crippen LogP contribution in [0.25, 0.3) is 10.9 Å². The van der Waals surface area contributed by atoms with Crippen LogP contribution in [0.1, 0.15) is 35.5 Å². The molecule has 0 fully saturated rings. The number of aromatic nitrogens is 3. The van der Waals surface area contributed by atoms with E-state index in [-0.39, 0.29) is 5.97 Å². The van der Waals surface area contributed by atoms with Crippen LogP contribution in [-0.4, -0.2) is 27.6 Å². The minimum Gasteiger partial charge on any atom is -0.465 e. The molecule has 0 aliphatic rings. The Kier molecular flexibility index (Phi) is 7.35. The van der Waals surface area contributed by atoms with Crippen molar-refractivity contribution in [3.05, 3.63) is 83.9 Å². The van der Waals surface area contributed by atoms with Crippen LogP contribution in [0.2, 0.25) is 0 Å². The number of nitrogens with zero attached hydrogens (tertiary/aromatic N) is 3. The molecule has 160 valence electrons. The summed E-state index contributed by atoms with van der Waals surface area (Å²) in [6.07, 6.45) is 3.44. The highest BCUT2D eigenvalue weighted by Crippen LogP contribution is 2.30. The summed E-state index contributed by atoms with van der Waals surface area (Å²) in [7, 11) is 1.38. The molecule has 0 atom stereocenters. The van der Waals surface area contributed by atoms with E-state index in [1.54, 1.807) is 12.1 Å². The molecule has 0 radical (unpaired) electrons. The molecule has 0 aliphatic heterocycles. The normalized spacial score (nSPS) is 10.3. The minimum atomic E-state index is -0.346. The summed E-state index contributed by atoms with van der Waals surface area (Å²) >= 11 is 0. The Labute approximate surface area is 181 Å². The van der Waals surface area contributed by atoms with Crippen LogP contribution in [0.5, 0.6) is 11.6 Å². The summed E-state index contributed by atoms with van der Waals surface area (Å²) in [6.45, 7) is 4.94. The van der Waals surface area contributed by atoms with Crippen molar-refractivity contribution in [2.24, 2.45) is 5.73 Å². The van der Waals surface area contributed by atoms with Gasteiger partial charge in [-0.3, -0.25) is 0 Å². The molecule has 2 aromatic heterocycles. The average Bonchev–Trinajstić information content (AvgIpc) is 3.24. The fourth-order valence-electron chi connectivity index (χ4n) is 3.19. The second-order valence-corrected chi connectivity index (χ2v) is 6.48. The maximum absolute atomic E-state index is 11.8. The van der Waals surface area contributed by atoms with Crippen molar-refractivity contribution < 1.29 is 14.3 Å². The Hall–Kier alpha value is -3.71. The number of benzene rings is 2. The fraction of sp³-hybridized carbons (Fsp3) is 0.208. The smallest absolute Gasteiger partial charge is 0.337 e. The van der Waals surface area contributed by atoms with E-state index in [9.17, 15) is 4.79 Å². The molecule has 0 bridgehead atoms. The summed E-state index contributed by atoms with van der Waals surface area (Å²) < 4.78 is 12.9. The predicted molar refractivity (Wildman–Crippen MR) is 120 cm³/mol. The molecule has 2 aromatic carbocycles. The number of rotatable bonds is 6. The van der Waals surface area contributed by atoms with Crippen molar-refractivity contribution in [3.63, 3.8) is 0 Å². The Bertz CT molecular complexity index is 1170. The lowest BCUT2D eigenvalue weighted by atomic mass is 10.1. The molecule has 0 aliphatic carbocycles. The van der Waals surface area contributed by atoms with E-state index in [4.69, 9.17) is 15.2 Å². The summed E-state index contributed by atoms with van der Waals surface area (Å²) in [4.78, 5) is 20.0. The molecule has 7 nitrogen and oxygen atoms in total. The number of hydrogen-bond acceptors (Lipinski definition) is 6. The molecule has 0 unspecified atom stereocenters. The van der Waals surface area contributed by atoms with Gasteiger partial charge in [0.05, 0.1) is 23.9 Å². The highest BCUT2D eigenvalue weighted by molar-refractivity contribution is 5.89. The number of carbonyl (C=O) groups excluding carboxylic acids is 1. The zero-order chi connectivity index (χ0) is 22.2. The highest BCUT2D eigenvalue weighted by atomic mass is 16.5. The zero-order valence-corrected chi connectivity index (χ0v) is 17.9. The van der Waals surface area contributed by atoms with Gasteiger partial charge >= 0.3 is 5.97 Å². The number of esters is 1. The van der Waals surface area contributed by atoms with Crippen LogP contribution in [0, 0.1) is 0 Å². The van der Waals surface area contributed by atoms with E-state index in [2.05, 4.69) is 14.5 Å². The van der Waals surface area contributed by atoms with Gasteiger partial charge in [-0.15, -0.1) is 0 Å². The largest absolute Gasteiger partial charge is 0.465 e. The van der Waals surface area contributed by atoms with Gasteiger partial charge in [-0.25, -0.2) is 14.8 Å². The minimum absolute atomic E-state index is 0.324. The number of carbonyl (C=O) groups is 1. The van der Waals surface area contributed by atoms with E-state index >= 15 is 0 Å². The molecule has 0 saturated carbocycles. The highest BCUT2D eigenvalue weighted by Gasteiger charge is 2.10. The average molecular weight is 418 g/mol. The molecular formula is C24H26N4O3. The Morgan fingerprint density at radius 2 is 1.87 bits per heavy atom. The van der Waals surface area contributed by atoms with Gasteiger partial charge in [0.25, 0.3) is 0 Å². The lowest BCUT2D eigenvalue weighted by Crippen LogP contribution is -2.03. The van der Waals surface area contributed by atoms with Gasteiger partial charge in [-0.2, -0.15) is 0 Å². The second-order valence-electron chi connectivity index (χ2n) is 6.48. The van der Waals surface area contributed by atoms with Gasteiger partial charge in [0, 0.05) is 30.7 Å². The molecule has 31 heavy (non-hydrogen) atoms. The standard InChI is InChI=1S/C22H20N4O3.C2H6/c1-28-22(27)16-5-2-4-15(10-16)13-26-9-8-18-19(26)6-3-7-20(18)29-21-11-17(12-23)24-14-25-21;1-2/h2-11,14H,12-13,23H2,1H3;1-2H3. The molecule has 2 N–H and O–H groups in total. The maximum Gasteiger partial charge on any atom is 0.337 e. The van der Waals surface area contributed by atoms with Crippen LogP contribution in [-0.2, 0) is 17.8 Å². The molecule has 2 heterocycles. The Balaban J connectivity index is 0.00000132. The van der Waals surface area contributed by atoms with Crippen molar-refractivity contribution in [3.8, 4) is 11.6 Å². The first-order valence-electron chi connectivity index (χ1n) is 10.1. The lowest BCUT2D eigenvalue weighted by Gasteiger charge is -2.09. The second kappa shape index (κ2) is 10.4. The van der Waals surface area contributed by atoms with E-state index in [0.29, 0.717) is 36.0 Å². The van der Waals surface area contributed by atoms with Crippen molar-refractivity contribution >= 4 is 16.9 Å². The molecule has 0 spiro atoms. The van der Waals surface area contributed by atoms with Crippen molar-refractivity contribution in [2.45, 2.75) is 26.9 Å². The van der Waals surface area contributed by atoms with Gasteiger partial charge in [-0.1, -0.05) is 32.0 Å². The summed E-state index contributed by atoms with van der Waals surface area (Å²) in [5.74, 6) is 0.805. The lowest BCUT2D eigenvalue weighted by molar-refractivity contribution is 0.0600. The van der Waals surface area contributed by atoms with E-state index in [0.717, 1.165) is 16.5 Å². The van der Waals surface area contributed by atoms with Crippen LogP contribution >= 0.6 is 0 Å². The van der Waals surface area contributed by atoms with E-state index < -0.39 is 0 Å². The number of fused-ring (bicyclic) bond motifs is 1. The topological polar surface area (TPSA) is 92.3 Å². The fourth-order valence-corrected chi connectivity index (χ4v) is 3.19. The quantitative estimate of drug-likeness (QED) is 0.462. The number of nitrogens with two attached hydrogens (primary N) is 1. The number of ether oxygens (including phenoxy) is 2. The monoisotopic (exact) mass is 418 g/mol. The number of methoxy groups -OCH3 is 1. The molecule has 0 amide bonds. The molecule has 4 aromatic rings. The zero-order valence-electron chi connectivity index (χ0n) is 17.9. The van der Waals surface area contributed by atoms with Crippen LogP contribution in [0.15, 0.2) is 67.1 Å². The van der Waals surface area contributed by atoms with E-state index in [1.165, 1.54) is 13.4 Å². The predicted octanol–water partition coefficient (Wildman–Crippen LogP) is 4.54. The van der Waals surface area contributed by atoms with Crippen molar-refractivity contribution in [1.29, 1.82) is 0 Å². The molecule has 4 rings (SSSR count). The molecular weight excluding hydrogens is 392 g/mol. The third kappa shape index (κ3) is 5.07. The Morgan fingerprint density at radius 3 is 2.65 bits per heavy atom. The summed E-state index contributed by atoms with van der Waals surface area (Å²) in [5, 5.41) is 0.963. The first-order chi connectivity index (χ1) is 15.2. The van der Waals surface area contributed by atoms with Crippen LogP contribution in [0.4, 0.5) is 0 Å². The summed E-state index contributed by atoms with van der Waals surface area (Å²) in [6, 6.07) is 17.0. The third-order valence-electron chi connectivity index (χ3n) is 4.60. The SMILES string of the molecule is CC.COC(=O)c1cccc(Cn2ccc3c(Oc4cc(CN)ncn4)cccc32)c1. The molecule has 0 saturated heterocycles. The number of hydrogen-bond donors (Lipinski definition) is 1. The van der Waals surface area contributed by atoms with Gasteiger partial charge in [0.15, 0.2) is 0 Å². The van der Waals surface area contributed by atoms with Gasteiger partial charge < -0.3 is 19.8 Å². The first-order valence-corrected chi connectivity index (χ1v) is 10.1. The first kappa shape index (κ1) is 22.0. The summed E-state index contributed by atoms with van der Waals surface area (Å²) in [5.41, 5.74) is 8.90. The maximum atomic E-state index is 11.8. The molecule has 7 heteroatoms. The van der Waals surface area contributed by atoms with E-state index in [1.807, 2.05) is 62.5 Å². The van der Waals surface area contributed by atoms with Crippen LogP contribution < -0.4 is 10.5 Å². The van der Waals surface area contributed by atoms with Gasteiger partial charge in [0.2, 0.25) is 5.88 Å².